The van der Waals surface area contributed by atoms with Crippen molar-refractivity contribution >= 4 is 37.1 Å². The molecule has 2 amide bonds. The van der Waals surface area contributed by atoms with Crippen molar-refractivity contribution in [2.75, 3.05) is 10.6 Å². The number of nitrogens with one attached hydrogen (secondary N) is 2. The van der Waals surface area contributed by atoms with Crippen molar-refractivity contribution in [3.63, 3.8) is 0 Å². The lowest BCUT2D eigenvalue weighted by atomic mass is 10.2. The molecule has 0 saturated carbocycles. The van der Waals surface area contributed by atoms with Crippen LogP contribution in [0.1, 0.15) is 11.1 Å². The average molecular weight is 350 g/mol. The van der Waals surface area contributed by atoms with E-state index in [2.05, 4.69) is 10.6 Å². The molecular weight excluding hydrogens is 338 g/mol. The molecule has 2 aromatic rings. The van der Waals surface area contributed by atoms with E-state index in [0.717, 1.165) is 0 Å². The maximum Gasteiger partial charge on any atom is 0.323 e. The first-order chi connectivity index (χ1) is 10.8. The van der Waals surface area contributed by atoms with Crippen LogP contribution >= 0.6 is 10.7 Å². The van der Waals surface area contributed by atoms with Crippen LogP contribution in [0.15, 0.2) is 47.4 Å². The Balaban J connectivity index is 2.08. The van der Waals surface area contributed by atoms with Crippen LogP contribution in [0.5, 0.6) is 0 Å². The first kappa shape index (κ1) is 16.8. The van der Waals surface area contributed by atoms with Crippen molar-refractivity contribution < 1.29 is 13.2 Å². The zero-order chi connectivity index (χ0) is 17.0. The fraction of sp³-hybridized carbons (Fsp3) is 0.0667. The third kappa shape index (κ3) is 4.45. The van der Waals surface area contributed by atoms with Crippen molar-refractivity contribution in [2.45, 2.75) is 11.8 Å². The fourth-order valence-corrected chi connectivity index (χ4v) is 3.12. The van der Waals surface area contributed by atoms with Crippen molar-refractivity contribution in [1.82, 2.24) is 0 Å². The van der Waals surface area contributed by atoms with Crippen LogP contribution in [-0.4, -0.2) is 14.4 Å². The smallest absolute Gasteiger partial charge is 0.308 e. The van der Waals surface area contributed by atoms with Gasteiger partial charge in [-0.1, -0.05) is 0 Å². The molecule has 0 aliphatic carbocycles. The molecule has 0 aliphatic heterocycles. The minimum absolute atomic E-state index is 0.00258. The summed E-state index contributed by atoms with van der Waals surface area (Å²) in [5, 5.41) is 13.9. The first-order valence-corrected chi connectivity index (χ1v) is 8.74. The molecule has 0 heterocycles. The van der Waals surface area contributed by atoms with Gasteiger partial charge in [0.05, 0.1) is 16.5 Å². The quantitative estimate of drug-likeness (QED) is 0.829. The number of benzene rings is 2. The number of urea groups is 1. The summed E-state index contributed by atoms with van der Waals surface area (Å²) in [6.45, 7) is 1.58. The number of rotatable bonds is 3. The lowest BCUT2D eigenvalue weighted by molar-refractivity contribution is 0.262. The van der Waals surface area contributed by atoms with E-state index in [-0.39, 0.29) is 4.90 Å². The molecule has 0 unspecified atom stereocenters. The minimum Gasteiger partial charge on any atom is -0.308 e. The molecule has 118 valence electrons. The number of nitriles is 1. The molecule has 0 atom stereocenters. The van der Waals surface area contributed by atoms with Gasteiger partial charge in [-0.15, -0.1) is 0 Å². The summed E-state index contributed by atoms with van der Waals surface area (Å²) in [4.78, 5) is 11.9. The Bertz CT molecular complexity index is 887. The van der Waals surface area contributed by atoms with Crippen LogP contribution in [0.25, 0.3) is 0 Å². The molecule has 2 N–H and O–H groups in total. The first-order valence-electron chi connectivity index (χ1n) is 6.43. The molecule has 0 fully saturated rings. The minimum atomic E-state index is -3.82. The number of amides is 2. The number of hydrogen-bond donors (Lipinski definition) is 2. The van der Waals surface area contributed by atoms with Crippen LogP contribution < -0.4 is 10.6 Å². The molecule has 0 saturated heterocycles. The number of anilines is 2. The summed E-state index contributed by atoms with van der Waals surface area (Å²) in [7, 11) is 1.49. The van der Waals surface area contributed by atoms with Crippen LogP contribution in [0.3, 0.4) is 0 Å². The van der Waals surface area contributed by atoms with Crippen LogP contribution in [-0.2, 0) is 9.05 Å². The zero-order valence-corrected chi connectivity index (χ0v) is 13.6. The standard InChI is InChI=1S/C15H12ClN3O3S/c1-10-8-13(6-7-14(10)23(16,21)22)19-15(20)18-12-4-2-11(9-17)3-5-12/h2-8H,1H3,(H2,18,19,20). The summed E-state index contributed by atoms with van der Waals surface area (Å²) < 4.78 is 22.6. The SMILES string of the molecule is Cc1cc(NC(=O)Nc2ccc(C#N)cc2)ccc1S(=O)(=O)Cl. The highest BCUT2D eigenvalue weighted by Gasteiger charge is 2.14. The van der Waals surface area contributed by atoms with Crippen LogP contribution in [0.4, 0.5) is 16.2 Å². The molecule has 23 heavy (non-hydrogen) atoms. The van der Waals surface area contributed by atoms with Gasteiger partial charge in [0, 0.05) is 22.1 Å². The normalized spacial score (nSPS) is 10.7. The van der Waals surface area contributed by atoms with E-state index in [1.165, 1.54) is 18.2 Å². The Kier molecular flexibility index (Phi) is 4.89. The monoisotopic (exact) mass is 349 g/mol. The summed E-state index contributed by atoms with van der Waals surface area (Å²) >= 11 is 0. The largest absolute Gasteiger partial charge is 0.323 e. The van der Waals surface area contributed by atoms with Gasteiger partial charge >= 0.3 is 6.03 Å². The van der Waals surface area contributed by atoms with Crippen LogP contribution in [0.2, 0.25) is 0 Å². The molecule has 0 aliphatic rings. The van der Waals surface area contributed by atoms with Gasteiger partial charge in [-0.05, 0) is 55.0 Å². The highest BCUT2D eigenvalue weighted by Crippen LogP contribution is 2.22. The molecule has 0 bridgehead atoms. The number of carbonyl (C=O) groups excluding carboxylic acids is 1. The Morgan fingerprint density at radius 2 is 1.65 bits per heavy atom. The second-order valence-corrected chi connectivity index (χ2v) is 7.22. The van der Waals surface area contributed by atoms with E-state index in [9.17, 15) is 13.2 Å². The van der Waals surface area contributed by atoms with Gasteiger partial charge < -0.3 is 10.6 Å². The number of nitrogens with zero attached hydrogens (tertiary/aromatic N) is 1. The molecule has 0 aromatic heterocycles. The highest BCUT2D eigenvalue weighted by atomic mass is 35.7. The third-order valence-electron chi connectivity index (χ3n) is 2.97. The van der Waals surface area contributed by atoms with Crippen molar-refractivity contribution in [2.24, 2.45) is 0 Å². The van der Waals surface area contributed by atoms with E-state index in [4.69, 9.17) is 15.9 Å². The molecule has 2 aromatic carbocycles. The summed E-state index contributed by atoms with van der Waals surface area (Å²) in [5.74, 6) is 0. The Morgan fingerprint density at radius 3 is 2.17 bits per heavy atom. The maximum atomic E-state index is 11.9. The zero-order valence-electron chi connectivity index (χ0n) is 12.0. The van der Waals surface area contributed by atoms with Crippen molar-refractivity contribution in [3.05, 3.63) is 53.6 Å². The van der Waals surface area contributed by atoms with E-state index >= 15 is 0 Å². The molecule has 2 rings (SSSR count). The van der Waals surface area contributed by atoms with E-state index in [0.29, 0.717) is 22.5 Å². The lowest BCUT2D eigenvalue weighted by Crippen LogP contribution is -2.19. The molecule has 8 heteroatoms. The van der Waals surface area contributed by atoms with E-state index < -0.39 is 15.1 Å². The van der Waals surface area contributed by atoms with Gasteiger partial charge in [0.25, 0.3) is 9.05 Å². The van der Waals surface area contributed by atoms with Gasteiger partial charge in [0.1, 0.15) is 0 Å². The van der Waals surface area contributed by atoms with Crippen LogP contribution in [0, 0.1) is 18.3 Å². The highest BCUT2D eigenvalue weighted by molar-refractivity contribution is 8.13. The predicted octanol–water partition coefficient (Wildman–Crippen LogP) is 3.44. The maximum absolute atomic E-state index is 11.9. The number of aryl methyl sites for hydroxylation is 1. The summed E-state index contributed by atoms with van der Waals surface area (Å²) in [6.07, 6.45) is 0. The lowest BCUT2D eigenvalue weighted by Gasteiger charge is -2.09. The molecular formula is C15H12ClN3O3S. The fourth-order valence-electron chi connectivity index (χ4n) is 1.92. The molecule has 0 radical (unpaired) electrons. The summed E-state index contributed by atoms with van der Waals surface area (Å²) in [6, 6.07) is 12.1. The van der Waals surface area contributed by atoms with Gasteiger partial charge in [-0.2, -0.15) is 5.26 Å². The second kappa shape index (κ2) is 6.69. The average Bonchev–Trinajstić information content (AvgIpc) is 2.46. The Morgan fingerprint density at radius 1 is 1.09 bits per heavy atom. The van der Waals surface area contributed by atoms with E-state index in [1.807, 2.05) is 6.07 Å². The number of carbonyl (C=O) groups is 1. The van der Waals surface area contributed by atoms with Crippen molar-refractivity contribution in [3.8, 4) is 6.07 Å². The Hall–Kier alpha value is -2.56. The summed E-state index contributed by atoms with van der Waals surface area (Å²) in [5.41, 5.74) is 1.87. The molecule has 6 nitrogen and oxygen atoms in total. The van der Waals surface area contributed by atoms with Gasteiger partial charge in [-0.3, -0.25) is 0 Å². The van der Waals surface area contributed by atoms with E-state index in [1.54, 1.807) is 31.2 Å². The topological polar surface area (TPSA) is 99.1 Å². The van der Waals surface area contributed by atoms with Gasteiger partial charge in [-0.25, -0.2) is 13.2 Å². The number of halogens is 1. The van der Waals surface area contributed by atoms with Gasteiger partial charge in [0.15, 0.2) is 0 Å². The molecule has 0 spiro atoms. The van der Waals surface area contributed by atoms with Gasteiger partial charge in [0.2, 0.25) is 0 Å². The number of hydrogen-bond acceptors (Lipinski definition) is 4. The predicted molar refractivity (Wildman–Crippen MR) is 88.0 cm³/mol. The third-order valence-corrected chi connectivity index (χ3v) is 4.45. The second-order valence-electron chi connectivity index (χ2n) is 4.69. The van der Waals surface area contributed by atoms with Crippen molar-refractivity contribution in [1.29, 1.82) is 5.26 Å². The Labute approximate surface area is 138 Å².